The van der Waals surface area contributed by atoms with Crippen LogP contribution in [0.3, 0.4) is 0 Å². The molecule has 0 bridgehead atoms. The molecule has 0 saturated carbocycles. The predicted octanol–water partition coefficient (Wildman–Crippen LogP) is 3.22. The molecule has 12 heteroatoms. The third kappa shape index (κ3) is 5.72. The smallest absolute Gasteiger partial charge is 0.258 e. The van der Waals surface area contributed by atoms with Gasteiger partial charge in [-0.25, -0.2) is 26.1 Å². The van der Waals surface area contributed by atoms with Crippen LogP contribution in [0.4, 0.5) is 14.5 Å². The Labute approximate surface area is 183 Å². The van der Waals surface area contributed by atoms with E-state index in [0.29, 0.717) is 0 Å². The van der Waals surface area contributed by atoms with E-state index in [0.717, 1.165) is 24.3 Å². The van der Waals surface area contributed by atoms with Crippen LogP contribution in [0.5, 0.6) is 0 Å². The number of benzene rings is 1. The number of nitrogens with zero attached hydrogens (tertiary/aromatic N) is 2. The first-order valence-electron chi connectivity index (χ1n) is 9.03. The monoisotopic (exact) mass is 477 g/mol. The van der Waals surface area contributed by atoms with Gasteiger partial charge in [-0.05, 0) is 33.8 Å². The minimum Gasteiger partial charge on any atom is -0.258 e. The molecule has 0 radical (unpaired) electrons. The Morgan fingerprint density at radius 1 is 1.35 bits per heavy atom. The SMILES string of the molecule is C=CCC(C#N)(CF)S(=O)(=O)C[C@](C)(NS(=O)C(C)(C)C)c1cc([N+](=O)[O-])ccc1F. The number of halogens is 2. The van der Waals surface area contributed by atoms with Gasteiger partial charge in [-0.3, -0.25) is 10.1 Å². The van der Waals surface area contributed by atoms with Crippen LogP contribution in [0.2, 0.25) is 0 Å². The second-order valence-electron chi connectivity index (χ2n) is 8.23. The number of nitro groups is 1. The van der Waals surface area contributed by atoms with Crippen LogP contribution in [-0.2, 0) is 26.4 Å². The molecule has 1 rings (SSSR count). The standard InChI is InChI=1S/C19H25F2N3O5S2/c1-6-9-19(11-20,12-22)31(28,29)13-18(5,23-30(27)17(2,3)4)15-10-14(24(25)26)7-8-16(15)21/h6-8,10,23H,1,9,11,13H2,2-5H3/t18-,19?,30?/m0/s1. The minimum absolute atomic E-state index is 0.452. The highest BCUT2D eigenvalue weighted by atomic mass is 32.2. The number of nitro benzene ring substituents is 1. The second-order valence-corrected chi connectivity index (χ2v) is 12.5. The van der Waals surface area contributed by atoms with Crippen molar-refractivity contribution in [2.45, 2.75) is 49.1 Å². The fourth-order valence-corrected chi connectivity index (χ4v) is 5.66. The summed E-state index contributed by atoms with van der Waals surface area (Å²) in [5.74, 6) is -2.04. The molecule has 0 aliphatic carbocycles. The Morgan fingerprint density at radius 2 is 1.94 bits per heavy atom. The van der Waals surface area contributed by atoms with Crippen molar-refractivity contribution in [3.63, 3.8) is 0 Å². The zero-order valence-corrected chi connectivity index (χ0v) is 19.3. The number of non-ortho nitro benzene ring substituents is 1. The number of hydrogen-bond acceptors (Lipinski definition) is 6. The number of rotatable bonds is 10. The van der Waals surface area contributed by atoms with E-state index in [1.54, 1.807) is 20.8 Å². The highest BCUT2D eigenvalue weighted by Crippen LogP contribution is 2.34. The minimum atomic E-state index is -4.63. The van der Waals surface area contributed by atoms with Gasteiger partial charge in [0.15, 0.2) is 14.6 Å². The zero-order chi connectivity index (χ0) is 24.3. The van der Waals surface area contributed by atoms with E-state index in [-0.39, 0.29) is 0 Å². The van der Waals surface area contributed by atoms with Crippen molar-refractivity contribution in [1.29, 1.82) is 5.26 Å². The zero-order valence-electron chi connectivity index (χ0n) is 17.6. The van der Waals surface area contributed by atoms with E-state index in [1.807, 2.05) is 0 Å². The van der Waals surface area contributed by atoms with Crippen LogP contribution in [0.15, 0.2) is 30.9 Å². The van der Waals surface area contributed by atoms with E-state index >= 15 is 0 Å². The van der Waals surface area contributed by atoms with Gasteiger partial charge in [-0.1, -0.05) is 6.08 Å². The van der Waals surface area contributed by atoms with E-state index < -0.39 is 76.7 Å². The molecule has 0 aliphatic heterocycles. The van der Waals surface area contributed by atoms with Gasteiger partial charge in [0.25, 0.3) is 5.69 Å². The quantitative estimate of drug-likeness (QED) is 0.313. The molecule has 1 aromatic rings. The average molecular weight is 478 g/mol. The fourth-order valence-electron chi connectivity index (χ4n) is 2.73. The third-order valence-electron chi connectivity index (χ3n) is 4.60. The normalized spacial score (nSPS) is 17.1. The Bertz CT molecular complexity index is 1030. The maximum atomic E-state index is 14.7. The highest BCUT2D eigenvalue weighted by Gasteiger charge is 2.49. The first-order chi connectivity index (χ1) is 14.1. The van der Waals surface area contributed by atoms with Crippen molar-refractivity contribution in [3.8, 4) is 6.07 Å². The lowest BCUT2D eigenvalue weighted by atomic mass is 9.94. The summed E-state index contributed by atoms with van der Waals surface area (Å²) in [7, 11) is -6.58. The Hall–Kier alpha value is -2.23. The van der Waals surface area contributed by atoms with Crippen molar-refractivity contribution in [3.05, 3.63) is 52.3 Å². The molecule has 8 nitrogen and oxygen atoms in total. The summed E-state index contributed by atoms with van der Waals surface area (Å²) >= 11 is 0. The van der Waals surface area contributed by atoms with Crippen LogP contribution in [0, 0.1) is 27.3 Å². The molecule has 31 heavy (non-hydrogen) atoms. The van der Waals surface area contributed by atoms with Crippen LogP contribution in [0.25, 0.3) is 0 Å². The van der Waals surface area contributed by atoms with Crippen molar-refractivity contribution in [2.75, 3.05) is 12.4 Å². The van der Waals surface area contributed by atoms with Crippen LogP contribution in [-0.4, -0.2) is 39.5 Å². The maximum absolute atomic E-state index is 14.7. The first-order valence-corrected chi connectivity index (χ1v) is 11.8. The topological polar surface area (TPSA) is 130 Å². The van der Waals surface area contributed by atoms with Gasteiger partial charge < -0.3 is 0 Å². The maximum Gasteiger partial charge on any atom is 0.269 e. The molecular formula is C19H25F2N3O5S2. The first kappa shape index (κ1) is 26.8. The van der Waals surface area contributed by atoms with E-state index in [2.05, 4.69) is 11.3 Å². The van der Waals surface area contributed by atoms with Gasteiger partial charge in [0.05, 0.1) is 38.0 Å². The molecule has 0 aromatic heterocycles. The molecule has 0 spiro atoms. The van der Waals surface area contributed by atoms with Gasteiger partial charge in [-0.2, -0.15) is 5.26 Å². The summed E-state index contributed by atoms with van der Waals surface area (Å²) in [6, 6.07) is 3.98. The lowest BCUT2D eigenvalue weighted by molar-refractivity contribution is -0.385. The third-order valence-corrected chi connectivity index (χ3v) is 8.86. The van der Waals surface area contributed by atoms with Crippen molar-refractivity contribution >= 4 is 26.5 Å². The number of allylic oxidation sites excluding steroid dienone is 1. The molecule has 0 heterocycles. The summed E-state index contributed by atoms with van der Waals surface area (Å²) in [5, 5.41) is 20.6. The Balaban J connectivity index is 3.76. The molecule has 2 unspecified atom stereocenters. The van der Waals surface area contributed by atoms with Crippen molar-refractivity contribution in [2.24, 2.45) is 0 Å². The number of nitriles is 1. The van der Waals surface area contributed by atoms with Gasteiger partial charge in [-0.15, -0.1) is 6.58 Å². The van der Waals surface area contributed by atoms with Crippen molar-refractivity contribution < 1.29 is 26.3 Å². The molecule has 0 aliphatic rings. The lowest BCUT2D eigenvalue weighted by Gasteiger charge is -2.35. The summed E-state index contributed by atoms with van der Waals surface area (Å²) in [5.41, 5.74) is -2.97. The number of nitrogens with one attached hydrogen (secondary N) is 1. The molecule has 1 aromatic carbocycles. The van der Waals surface area contributed by atoms with Gasteiger partial charge >= 0.3 is 0 Å². The molecular weight excluding hydrogens is 452 g/mol. The van der Waals surface area contributed by atoms with Crippen LogP contribution < -0.4 is 4.72 Å². The number of hydrogen-bond donors (Lipinski definition) is 1. The molecule has 0 fully saturated rings. The average Bonchev–Trinajstić information content (AvgIpc) is 2.64. The molecule has 0 amide bonds. The summed E-state index contributed by atoms with van der Waals surface area (Å²) < 4.78 is 66.7. The Morgan fingerprint density at radius 3 is 2.35 bits per heavy atom. The van der Waals surface area contributed by atoms with E-state index in [9.17, 15) is 36.8 Å². The number of sulfone groups is 1. The van der Waals surface area contributed by atoms with E-state index in [1.165, 1.54) is 13.0 Å². The largest absolute Gasteiger partial charge is 0.269 e. The fraction of sp³-hybridized carbons (Fsp3) is 0.526. The molecule has 172 valence electrons. The summed E-state index contributed by atoms with van der Waals surface area (Å²) in [4.78, 5) is 10.4. The second kappa shape index (κ2) is 9.50. The molecule has 1 N–H and O–H groups in total. The van der Waals surface area contributed by atoms with Gasteiger partial charge in [0, 0.05) is 24.1 Å². The van der Waals surface area contributed by atoms with Gasteiger partial charge in [0.2, 0.25) is 0 Å². The summed E-state index contributed by atoms with van der Waals surface area (Å²) in [6.07, 6.45) is 0.546. The number of alkyl halides is 1. The predicted molar refractivity (Wildman–Crippen MR) is 114 cm³/mol. The Kier molecular flexibility index (Phi) is 8.21. The van der Waals surface area contributed by atoms with Crippen LogP contribution in [0.1, 0.15) is 39.7 Å². The lowest BCUT2D eigenvalue weighted by Crippen LogP contribution is -2.54. The molecule has 0 saturated heterocycles. The van der Waals surface area contributed by atoms with E-state index in [4.69, 9.17) is 0 Å². The van der Waals surface area contributed by atoms with Crippen LogP contribution >= 0.6 is 0 Å². The van der Waals surface area contributed by atoms with Crippen molar-refractivity contribution in [1.82, 2.24) is 4.72 Å². The highest BCUT2D eigenvalue weighted by molar-refractivity contribution is 7.93. The molecule has 3 atom stereocenters. The van der Waals surface area contributed by atoms with Gasteiger partial charge in [0.1, 0.15) is 12.5 Å². The summed E-state index contributed by atoms with van der Waals surface area (Å²) in [6.45, 7) is 7.72.